The smallest absolute Gasteiger partial charge is 0.244 e. The van der Waals surface area contributed by atoms with Crippen LogP contribution in [0.15, 0.2) is 23.1 Å². The summed E-state index contributed by atoms with van der Waals surface area (Å²) in [5.74, 6) is -0.633. The lowest BCUT2D eigenvalue weighted by Gasteiger charge is -2.35. The van der Waals surface area contributed by atoms with Gasteiger partial charge in [0.2, 0.25) is 10.0 Å². The minimum atomic E-state index is -3.83. The third-order valence-corrected chi connectivity index (χ3v) is 6.01. The fourth-order valence-corrected chi connectivity index (χ4v) is 4.49. The predicted octanol–water partition coefficient (Wildman–Crippen LogP) is 2.65. The number of rotatable bonds is 3. The molecule has 1 aliphatic heterocycles. The van der Waals surface area contributed by atoms with Gasteiger partial charge in [0.05, 0.1) is 17.2 Å². The summed E-state index contributed by atoms with van der Waals surface area (Å²) >= 11 is 9.18. The molecule has 0 aliphatic carbocycles. The second-order valence-electron chi connectivity index (χ2n) is 4.62. The zero-order valence-electron chi connectivity index (χ0n) is 10.7. The van der Waals surface area contributed by atoms with Crippen LogP contribution in [0.4, 0.5) is 4.39 Å². The molecule has 20 heavy (non-hydrogen) atoms. The Bertz CT molecular complexity index is 598. The molecule has 1 saturated heterocycles. The van der Waals surface area contributed by atoms with E-state index in [1.807, 2.05) is 0 Å². The van der Waals surface area contributed by atoms with Crippen LogP contribution in [0.1, 0.15) is 6.92 Å². The van der Waals surface area contributed by atoms with Gasteiger partial charge in [0.15, 0.2) is 0 Å². The Kier molecular flexibility index (Phi) is 5.07. The SMILES string of the molecule is CC1CN(S(=O)(=O)c2cc(F)ccc2Cl)CC(CBr)O1. The van der Waals surface area contributed by atoms with E-state index in [4.69, 9.17) is 16.3 Å². The van der Waals surface area contributed by atoms with Crippen LogP contribution in [0, 0.1) is 5.82 Å². The van der Waals surface area contributed by atoms with Crippen LogP contribution in [0.5, 0.6) is 0 Å². The fourth-order valence-electron chi connectivity index (χ4n) is 2.10. The van der Waals surface area contributed by atoms with Crippen molar-refractivity contribution in [2.24, 2.45) is 0 Å². The maximum absolute atomic E-state index is 13.3. The molecule has 1 aromatic carbocycles. The highest BCUT2D eigenvalue weighted by atomic mass is 79.9. The molecule has 4 nitrogen and oxygen atoms in total. The van der Waals surface area contributed by atoms with Gasteiger partial charge in [0, 0.05) is 18.4 Å². The average molecular weight is 387 g/mol. The predicted molar refractivity (Wildman–Crippen MR) is 78.3 cm³/mol. The number of sulfonamides is 1. The third-order valence-electron chi connectivity index (χ3n) is 2.98. The number of nitrogens with zero attached hydrogens (tertiary/aromatic N) is 1. The van der Waals surface area contributed by atoms with Crippen molar-refractivity contribution in [2.45, 2.75) is 24.0 Å². The molecule has 0 N–H and O–H groups in total. The lowest BCUT2D eigenvalue weighted by Crippen LogP contribution is -2.49. The Labute approximate surface area is 131 Å². The summed E-state index contributed by atoms with van der Waals surface area (Å²) in [7, 11) is -3.83. The molecule has 8 heteroatoms. The standard InChI is InChI=1S/C12H14BrClFNO3S/c1-8-6-16(7-10(5-13)19-8)20(17,18)12-4-9(15)2-3-11(12)14/h2-4,8,10H,5-7H2,1H3. The van der Waals surface area contributed by atoms with Gasteiger partial charge in [-0.15, -0.1) is 0 Å². The Hall–Kier alpha value is -0.210. The van der Waals surface area contributed by atoms with Gasteiger partial charge < -0.3 is 4.74 Å². The Balaban J connectivity index is 2.36. The van der Waals surface area contributed by atoms with Gasteiger partial charge in [-0.3, -0.25) is 0 Å². The number of morpholine rings is 1. The molecule has 1 fully saturated rings. The van der Waals surface area contributed by atoms with Crippen molar-refractivity contribution in [3.8, 4) is 0 Å². The summed E-state index contributed by atoms with van der Waals surface area (Å²) in [6.45, 7) is 2.23. The maximum Gasteiger partial charge on any atom is 0.244 e. The second-order valence-corrected chi connectivity index (χ2v) is 7.58. The number of halogens is 3. The summed E-state index contributed by atoms with van der Waals surface area (Å²) in [6, 6.07) is 3.32. The van der Waals surface area contributed by atoms with Gasteiger partial charge in [-0.1, -0.05) is 27.5 Å². The van der Waals surface area contributed by atoms with E-state index in [0.717, 1.165) is 12.1 Å². The molecule has 1 aromatic rings. The molecule has 112 valence electrons. The van der Waals surface area contributed by atoms with Crippen molar-refractivity contribution in [2.75, 3.05) is 18.4 Å². The van der Waals surface area contributed by atoms with E-state index in [1.165, 1.54) is 10.4 Å². The zero-order valence-corrected chi connectivity index (χ0v) is 13.9. The summed E-state index contributed by atoms with van der Waals surface area (Å²) in [4.78, 5) is -0.207. The molecule has 1 heterocycles. The molecule has 1 aliphatic rings. The largest absolute Gasteiger partial charge is 0.372 e. The quantitative estimate of drug-likeness (QED) is 0.750. The molecule has 0 aromatic heterocycles. The lowest BCUT2D eigenvalue weighted by molar-refractivity contribution is -0.0411. The fraction of sp³-hybridized carbons (Fsp3) is 0.500. The van der Waals surface area contributed by atoms with E-state index >= 15 is 0 Å². The van der Waals surface area contributed by atoms with E-state index in [2.05, 4.69) is 15.9 Å². The van der Waals surface area contributed by atoms with Crippen molar-refractivity contribution in [1.82, 2.24) is 4.31 Å². The highest BCUT2D eigenvalue weighted by Gasteiger charge is 2.34. The molecular weight excluding hydrogens is 373 g/mol. The van der Waals surface area contributed by atoms with E-state index in [9.17, 15) is 12.8 Å². The molecule has 2 atom stereocenters. The van der Waals surface area contributed by atoms with Crippen molar-refractivity contribution in [3.63, 3.8) is 0 Å². The maximum atomic E-state index is 13.3. The summed E-state index contributed by atoms with van der Waals surface area (Å²) in [5.41, 5.74) is 0. The van der Waals surface area contributed by atoms with Gasteiger partial charge >= 0.3 is 0 Å². The highest BCUT2D eigenvalue weighted by Crippen LogP contribution is 2.27. The molecule has 0 amide bonds. The van der Waals surface area contributed by atoms with Gasteiger partial charge in [-0.25, -0.2) is 12.8 Å². The Morgan fingerprint density at radius 2 is 2.20 bits per heavy atom. The summed E-state index contributed by atoms with van der Waals surface area (Å²) in [5, 5.41) is 0.543. The molecular formula is C12H14BrClFNO3S. The van der Waals surface area contributed by atoms with E-state index in [0.29, 0.717) is 5.33 Å². The van der Waals surface area contributed by atoms with Crippen LogP contribution in [0.2, 0.25) is 5.02 Å². The van der Waals surface area contributed by atoms with Gasteiger partial charge in [0.1, 0.15) is 10.7 Å². The van der Waals surface area contributed by atoms with Crippen molar-refractivity contribution >= 4 is 37.6 Å². The first kappa shape index (κ1) is 16.2. The number of ether oxygens (including phenoxy) is 1. The average Bonchev–Trinajstić information content (AvgIpc) is 2.40. The second kappa shape index (κ2) is 6.27. The first-order valence-corrected chi connectivity index (χ1v) is 8.95. The van der Waals surface area contributed by atoms with E-state index in [-0.39, 0.29) is 35.2 Å². The van der Waals surface area contributed by atoms with Crippen LogP contribution >= 0.6 is 27.5 Å². The molecule has 2 unspecified atom stereocenters. The van der Waals surface area contributed by atoms with Crippen LogP contribution in [0.25, 0.3) is 0 Å². The molecule has 0 spiro atoms. The highest BCUT2D eigenvalue weighted by molar-refractivity contribution is 9.09. The monoisotopic (exact) mass is 385 g/mol. The van der Waals surface area contributed by atoms with Gasteiger partial charge in [-0.05, 0) is 25.1 Å². The van der Waals surface area contributed by atoms with Crippen molar-refractivity contribution < 1.29 is 17.5 Å². The first-order chi connectivity index (χ1) is 9.34. The Morgan fingerprint density at radius 3 is 2.85 bits per heavy atom. The zero-order chi connectivity index (χ0) is 14.9. The van der Waals surface area contributed by atoms with Crippen LogP contribution in [-0.4, -0.2) is 43.4 Å². The Morgan fingerprint density at radius 1 is 1.50 bits per heavy atom. The van der Waals surface area contributed by atoms with Gasteiger partial charge in [-0.2, -0.15) is 4.31 Å². The van der Waals surface area contributed by atoms with Crippen molar-refractivity contribution in [1.29, 1.82) is 0 Å². The molecule has 0 bridgehead atoms. The van der Waals surface area contributed by atoms with E-state index in [1.54, 1.807) is 6.92 Å². The number of benzene rings is 1. The minimum Gasteiger partial charge on any atom is -0.372 e. The molecule has 2 rings (SSSR count). The minimum absolute atomic E-state index is 0.0148. The lowest BCUT2D eigenvalue weighted by atomic mass is 10.3. The van der Waals surface area contributed by atoms with Gasteiger partial charge in [0.25, 0.3) is 0 Å². The number of hydrogen-bond donors (Lipinski definition) is 0. The molecule has 0 saturated carbocycles. The topological polar surface area (TPSA) is 46.6 Å². The normalized spacial score (nSPS) is 24.8. The van der Waals surface area contributed by atoms with E-state index < -0.39 is 15.8 Å². The summed E-state index contributed by atoms with van der Waals surface area (Å²) < 4.78 is 45.3. The number of hydrogen-bond acceptors (Lipinski definition) is 3. The van der Waals surface area contributed by atoms with Crippen molar-refractivity contribution in [3.05, 3.63) is 29.0 Å². The van der Waals surface area contributed by atoms with Crippen LogP contribution in [-0.2, 0) is 14.8 Å². The number of alkyl halides is 1. The van der Waals surface area contributed by atoms with Crippen LogP contribution < -0.4 is 0 Å². The molecule has 0 radical (unpaired) electrons. The summed E-state index contributed by atoms with van der Waals surface area (Å²) in [6.07, 6.45) is -0.464. The first-order valence-electron chi connectivity index (χ1n) is 6.01. The van der Waals surface area contributed by atoms with Crippen LogP contribution in [0.3, 0.4) is 0 Å². The third kappa shape index (κ3) is 3.33.